The predicted octanol–water partition coefficient (Wildman–Crippen LogP) is 3.33. The van der Waals surface area contributed by atoms with Crippen LogP contribution in [0.1, 0.15) is 70.3 Å². The topological polar surface area (TPSA) is 85.8 Å². The third kappa shape index (κ3) is 6.04. The van der Waals surface area contributed by atoms with Crippen LogP contribution in [0.2, 0.25) is 0 Å². The van der Waals surface area contributed by atoms with Crippen molar-refractivity contribution in [3.05, 3.63) is 30.1 Å². The van der Waals surface area contributed by atoms with Gasteiger partial charge in [-0.05, 0) is 55.7 Å². The van der Waals surface area contributed by atoms with Gasteiger partial charge in [0, 0.05) is 38.6 Å². The van der Waals surface area contributed by atoms with Crippen LogP contribution >= 0.6 is 24.8 Å². The fourth-order valence-electron chi connectivity index (χ4n) is 5.78. The van der Waals surface area contributed by atoms with E-state index in [1.54, 1.807) is 12.4 Å². The summed E-state index contributed by atoms with van der Waals surface area (Å²) in [5.41, 5.74) is 0.419. The molecule has 3 fully saturated rings. The van der Waals surface area contributed by atoms with Crippen LogP contribution in [0.15, 0.2) is 24.5 Å². The number of carbonyl (C=O) groups excluding carboxylic acids is 2. The van der Waals surface area contributed by atoms with Gasteiger partial charge in [-0.15, -0.1) is 24.8 Å². The molecule has 1 saturated carbocycles. The number of nitrogens with zero attached hydrogens (tertiary/aromatic N) is 3. The molecule has 9 heteroatoms. The highest BCUT2D eigenvalue weighted by atomic mass is 35.5. The van der Waals surface area contributed by atoms with Crippen molar-refractivity contribution >= 4 is 36.6 Å². The smallest absolute Gasteiger partial charge is 0.248 e. The van der Waals surface area contributed by atoms with Crippen molar-refractivity contribution in [1.29, 1.82) is 0 Å². The van der Waals surface area contributed by atoms with Crippen molar-refractivity contribution in [2.75, 3.05) is 19.6 Å². The van der Waals surface area contributed by atoms with Crippen LogP contribution in [0.25, 0.3) is 0 Å². The van der Waals surface area contributed by atoms with Gasteiger partial charge in [0.05, 0.1) is 6.10 Å². The quantitative estimate of drug-likeness (QED) is 0.582. The zero-order valence-corrected chi connectivity index (χ0v) is 21.8. The van der Waals surface area contributed by atoms with Crippen LogP contribution in [0.4, 0.5) is 0 Å². The Morgan fingerprint density at radius 3 is 2.38 bits per heavy atom. The number of piperazine rings is 1. The third-order valence-corrected chi connectivity index (χ3v) is 7.81. The van der Waals surface area contributed by atoms with Crippen molar-refractivity contribution in [3.63, 3.8) is 0 Å². The molecule has 2 N–H and O–H groups in total. The number of unbranched alkanes of at least 4 members (excludes halogenated alkanes) is 1. The van der Waals surface area contributed by atoms with E-state index in [0.717, 1.165) is 58.2 Å². The molecule has 3 aliphatic rings. The largest absolute Gasteiger partial charge is 0.390 e. The molecule has 0 aromatic carbocycles. The number of rotatable bonds is 7. The number of pyridine rings is 1. The van der Waals surface area contributed by atoms with Crippen molar-refractivity contribution in [2.45, 2.75) is 88.9 Å². The number of likely N-dealkylation sites (tertiary alicyclic amines) is 1. The Morgan fingerprint density at radius 2 is 1.76 bits per heavy atom. The van der Waals surface area contributed by atoms with Gasteiger partial charge in [0.2, 0.25) is 11.8 Å². The van der Waals surface area contributed by atoms with Crippen molar-refractivity contribution in [2.24, 2.45) is 5.92 Å². The molecule has 1 aromatic rings. The maximum atomic E-state index is 13.6. The first-order chi connectivity index (χ1) is 15.5. The number of aliphatic hydroxyl groups is 1. The summed E-state index contributed by atoms with van der Waals surface area (Å²) in [6.07, 6.45) is 11.2. The molecule has 2 aliphatic heterocycles. The average Bonchev–Trinajstić information content (AvgIpc) is 2.83. The lowest BCUT2D eigenvalue weighted by molar-refractivity contribution is -0.166. The van der Waals surface area contributed by atoms with Gasteiger partial charge in [-0.3, -0.25) is 19.5 Å². The summed E-state index contributed by atoms with van der Waals surface area (Å²) in [6, 6.07) is 3.24. The molecule has 2 amide bonds. The van der Waals surface area contributed by atoms with Gasteiger partial charge >= 0.3 is 0 Å². The zero-order chi connectivity index (χ0) is 22.6. The Bertz CT molecular complexity index is 784. The van der Waals surface area contributed by atoms with Crippen LogP contribution in [0.5, 0.6) is 0 Å². The van der Waals surface area contributed by atoms with Gasteiger partial charge < -0.3 is 15.3 Å². The standard InChI is InChI=1S/C25H38N4O3.2ClH/c1-2-3-15-29-23(31)21(22(30)20-7-5-4-6-8-20)27-24(32)25(29)11-16-28(17-12-25)18-19-9-13-26-14-10-19;;/h9-10,13-14,20-22,30H,2-8,11-12,15-18H2,1H3,(H,27,32);2*1H/t21-,22-;;/m1../s1. The second kappa shape index (κ2) is 13.1. The summed E-state index contributed by atoms with van der Waals surface area (Å²) in [7, 11) is 0. The molecule has 0 bridgehead atoms. The summed E-state index contributed by atoms with van der Waals surface area (Å²) in [4.78, 5) is 35.4. The van der Waals surface area contributed by atoms with E-state index in [1.807, 2.05) is 17.0 Å². The molecule has 7 nitrogen and oxygen atoms in total. The Kier molecular flexibility index (Phi) is 11.1. The molecule has 1 aromatic heterocycles. The second-order valence-electron chi connectivity index (χ2n) is 9.85. The van der Waals surface area contributed by atoms with Gasteiger partial charge in [-0.25, -0.2) is 0 Å². The first-order valence-electron chi connectivity index (χ1n) is 12.5. The Hall–Kier alpha value is -1.41. The average molecular weight is 516 g/mol. The van der Waals surface area contributed by atoms with E-state index in [9.17, 15) is 14.7 Å². The molecule has 2 atom stereocenters. The highest BCUT2D eigenvalue weighted by Crippen LogP contribution is 2.36. The van der Waals surface area contributed by atoms with Crippen molar-refractivity contribution in [1.82, 2.24) is 20.1 Å². The van der Waals surface area contributed by atoms with E-state index in [-0.39, 0.29) is 42.5 Å². The van der Waals surface area contributed by atoms with E-state index < -0.39 is 17.7 Å². The summed E-state index contributed by atoms with van der Waals surface area (Å²) >= 11 is 0. The van der Waals surface area contributed by atoms with E-state index >= 15 is 0 Å². The molecule has 1 spiro atoms. The lowest BCUT2D eigenvalue weighted by atomic mass is 9.78. The number of nitrogens with one attached hydrogen (secondary N) is 1. The molecule has 192 valence electrons. The SMILES string of the molecule is CCCCN1C(=O)[C@@H]([C@H](O)C2CCCCC2)NC(=O)C12CCN(Cc1ccncc1)CC2.Cl.Cl. The fourth-order valence-corrected chi connectivity index (χ4v) is 5.78. The highest BCUT2D eigenvalue weighted by molar-refractivity contribution is 6.00. The van der Waals surface area contributed by atoms with E-state index in [4.69, 9.17) is 0 Å². The molecule has 34 heavy (non-hydrogen) atoms. The maximum absolute atomic E-state index is 13.6. The van der Waals surface area contributed by atoms with Crippen molar-refractivity contribution < 1.29 is 14.7 Å². The van der Waals surface area contributed by atoms with E-state index in [2.05, 4.69) is 22.1 Å². The van der Waals surface area contributed by atoms with Crippen LogP contribution in [0.3, 0.4) is 0 Å². The molecule has 0 radical (unpaired) electrons. The maximum Gasteiger partial charge on any atom is 0.248 e. The van der Waals surface area contributed by atoms with Gasteiger partial charge in [-0.1, -0.05) is 32.6 Å². The van der Waals surface area contributed by atoms with E-state index in [1.165, 1.54) is 12.0 Å². The highest BCUT2D eigenvalue weighted by Gasteiger charge is 2.55. The summed E-state index contributed by atoms with van der Waals surface area (Å²) < 4.78 is 0. The lowest BCUT2D eigenvalue weighted by Crippen LogP contribution is -2.75. The normalized spacial score (nSPS) is 24.2. The van der Waals surface area contributed by atoms with Gasteiger partial charge in [0.25, 0.3) is 0 Å². The number of piperidine rings is 1. The molecule has 2 saturated heterocycles. The minimum Gasteiger partial charge on any atom is -0.390 e. The molecule has 0 unspecified atom stereocenters. The number of halogens is 2. The number of amides is 2. The number of carbonyl (C=O) groups is 2. The lowest BCUT2D eigenvalue weighted by Gasteiger charge is -2.52. The first-order valence-corrected chi connectivity index (χ1v) is 12.5. The number of hydrogen-bond acceptors (Lipinski definition) is 5. The fraction of sp³-hybridized carbons (Fsp3) is 0.720. The predicted molar refractivity (Wildman–Crippen MR) is 137 cm³/mol. The van der Waals surface area contributed by atoms with Gasteiger partial charge in [-0.2, -0.15) is 0 Å². The van der Waals surface area contributed by atoms with Crippen LogP contribution in [0, 0.1) is 5.92 Å². The molecule has 1 aliphatic carbocycles. The minimum atomic E-state index is -0.803. The molecular formula is C25H40Cl2N4O3. The monoisotopic (exact) mass is 514 g/mol. The van der Waals surface area contributed by atoms with Gasteiger partial charge in [0.1, 0.15) is 11.6 Å². The summed E-state index contributed by atoms with van der Waals surface area (Å²) in [6.45, 7) is 5.04. The third-order valence-electron chi connectivity index (χ3n) is 7.81. The second-order valence-corrected chi connectivity index (χ2v) is 9.85. The summed E-state index contributed by atoms with van der Waals surface area (Å²) in [5, 5.41) is 14.0. The molecule has 3 heterocycles. The Balaban J connectivity index is 0.00000204. The van der Waals surface area contributed by atoms with Crippen LogP contribution < -0.4 is 5.32 Å². The van der Waals surface area contributed by atoms with Gasteiger partial charge in [0.15, 0.2) is 0 Å². The number of aliphatic hydroxyl groups excluding tert-OH is 1. The molecular weight excluding hydrogens is 475 g/mol. The number of hydrogen-bond donors (Lipinski definition) is 2. The van der Waals surface area contributed by atoms with Crippen LogP contribution in [-0.2, 0) is 16.1 Å². The van der Waals surface area contributed by atoms with E-state index in [0.29, 0.717) is 19.4 Å². The van der Waals surface area contributed by atoms with Crippen molar-refractivity contribution in [3.8, 4) is 0 Å². The molecule has 4 rings (SSSR count). The minimum absolute atomic E-state index is 0. The number of aromatic nitrogens is 1. The summed E-state index contributed by atoms with van der Waals surface area (Å²) in [5.74, 6) is -0.0578. The zero-order valence-electron chi connectivity index (χ0n) is 20.2. The first kappa shape index (κ1) is 28.8. The van der Waals surface area contributed by atoms with Crippen LogP contribution in [-0.4, -0.2) is 69.0 Å². The Morgan fingerprint density at radius 1 is 1.12 bits per heavy atom. The Labute approximate surface area is 215 Å².